The van der Waals surface area contributed by atoms with Crippen molar-refractivity contribution >= 4 is 23.2 Å². The van der Waals surface area contributed by atoms with Gasteiger partial charge in [0.05, 0.1) is 18.2 Å². The monoisotopic (exact) mass is 539 g/mol. The number of hydrogen-bond acceptors (Lipinski definition) is 6. The van der Waals surface area contributed by atoms with E-state index in [0.717, 1.165) is 11.6 Å². The summed E-state index contributed by atoms with van der Waals surface area (Å²) in [4.78, 5) is 12.6. The van der Waals surface area contributed by atoms with Crippen LogP contribution in [0.3, 0.4) is 0 Å². The highest BCUT2D eigenvalue weighted by molar-refractivity contribution is 6.32. The number of carbonyl (C=O) groups is 1. The van der Waals surface area contributed by atoms with Gasteiger partial charge in [-0.05, 0) is 86.1 Å². The molecule has 4 aromatic rings. The molecule has 0 saturated heterocycles. The minimum absolute atomic E-state index is 0.0328. The zero-order valence-electron chi connectivity index (χ0n) is 21.0. The maximum absolute atomic E-state index is 13.2. The van der Waals surface area contributed by atoms with E-state index in [2.05, 4.69) is 5.32 Å². The lowest BCUT2D eigenvalue weighted by molar-refractivity contribution is 0.0992. The summed E-state index contributed by atoms with van der Waals surface area (Å²) in [5, 5.41) is 2.93. The van der Waals surface area contributed by atoms with Gasteiger partial charge in [-0.15, -0.1) is 0 Å². The Morgan fingerprint density at radius 2 is 1.55 bits per heavy atom. The number of hydrogen-bond donors (Lipinski definition) is 1. The van der Waals surface area contributed by atoms with Gasteiger partial charge in [0, 0.05) is 5.69 Å². The summed E-state index contributed by atoms with van der Waals surface area (Å²) in [5.74, 6) is 2.01. The molecule has 0 fully saturated rings. The van der Waals surface area contributed by atoms with E-state index in [-0.39, 0.29) is 17.4 Å². The van der Waals surface area contributed by atoms with Crippen LogP contribution < -0.4 is 24.3 Å². The van der Waals surface area contributed by atoms with E-state index < -0.39 is 11.7 Å². The summed E-state index contributed by atoms with van der Waals surface area (Å²) < 4.78 is 41.4. The molecule has 0 spiro atoms. The first-order chi connectivity index (χ1) is 18.4. The van der Waals surface area contributed by atoms with Crippen molar-refractivity contribution in [3.8, 4) is 23.0 Å². The molecule has 1 N–H and O–H groups in total. The molecule has 0 bridgehead atoms. The van der Waals surface area contributed by atoms with Gasteiger partial charge in [-0.25, -0.2) is 4.39 Å². The molecule has 0 radical (unpaired) electrons. The zero-order chi connectivity index (χ0) is 26.9. The lowest BCUT2D eigenvalue weighted by Gasteiger charge is -2.13. The first-order valence-electron chi connectivity index (χ1n) is 12.0. The van der Waals surface area contributed by atoms with Crippen LogP contribution in [0.2, 0.25) is 5.02 Å². The molecule has 0 aliphatic rings. The third-order valence-corrected chi connectivity index (χ3v) is 5.57. The van der Waals surface area contributed by atoms with Gasteiger partial charge in [0.1, 0.15) is 36.3 Å². The van der Waals surface area contributed by atoms with E-state index in [9.17, 15) is 9.18 Å². The number of furan rings is 1. The number of halogens is 2. The van der Waals surface area contributed by atoms with Crippen molar-refractivity contribution in [2.75, 3.05) is 18.5 Å². The molecular formula is C29H27ClFNO6. The molecule has 198 valence electrons. The Morgan fingerprint density at radius 3 is 2.29 bits per heavy atom. The molecule has 38 heavy (non-hydrogen) atoms. The summed E-state index contributed by atoms with van der Waals surface area (Å²) in [6, 6.07) is 19.7. The minimum Gasteiger partial charge on any atom is -0.490 e. The fourth-order valence-electron chi connectivity index (χ4n) is 3.50. The van der Waals surface area contributed by atoms with Gasteiger partial charge >= 0.3 is 0 Å². The van der Waals surface area contributed by atoms with Gasteiger partial charge in [0.2, 0.25) is 0 Å². The van der Waals surface area contributed by atoms with Crippen LogP contribution in [0.4, 0.5) is 10.1 Å². The number of nitrogens with one attached hydrogen (secondary N) is 1. The van der Waals surface area contributed by atoms with Crippen LogP contribution in [0.15, 0.2) is 77.2 Å². The van der Waals surface area contributed by atoms with Crippen LogP contribution in [0, 0.1) is 5.82 Å². The Bertz CT molecular complexity index is 1370. The first-order valence-corrected chi connectivity index (χ1v) is 12.4. The van der Waals surface area contributed by atoms with Gasteiger partial charge < -0.3 is 28.7 Å². The number of amides is 1. The average molecular weight is 540 g/mol. The van der Waals surface area contributed by atoms with E-state index in [4.69, 9.17) is 35.0 Å². The molecule has 0 saturated carbocycles. The lowest BCUT2D eigenvalue weighted by Crippen LogP contribution is -2.10. The number of benzene rings is 3. The summed E-state index contributed by atoms with van der Waals surface area (Å²) in [6.45, 7) is 5.32. The summed E-state index contributed by atoms with van der Waals surface area (Å²) >= 11 is 5.96. The van der Waals surface area contributed by atoms with Crippen LogP contribution >= 0.6 is 11.6 Å². The predicted octanol–water partition coefficient (Wildman–Crippen LogP) is 7.28. The molecule has 1 aromatic heterocycles. The highest BCUT2D eigenvalue weighted by Crippen LogP contribution is 2.29. The molecule has 1 amide bonds. The third-order valence-electron chi connectivity index (χ3n) is 5.27. The van der Waals surface area contributed by atoms with Crippen molar-refractivity contribution in [2.24, 2.45) is 0 Å². The SMILES string of the molecule is CCOc1ccc(COc2ccc(NC(=O)c3ccc(COc4ccc(F)cc4Cl)o3)cc2)cc1OCC. The van der Waals surface area contributed by atoms with E-state index in [1.165, 1.54) is 12.1 Å². The van der Waals surface area contributed by atoms with E-state index in [1.54, 1.807) is 36.4 Å². The average Bonchev–Trinajstić information content (AvgIpc) is 3.39. The summed E-state index contributed by atoms with van der Waals surface area (Å²) in [5.41, 5.74) is 1.52. The number of carbonyl (C=O) groups excluding carboxylic acids is 1. The quantitative estimate of drug-likeness (QED) is 0.204. The summed E-state index contributed by atoms with van der Waals surface area (Å²) in [6.07, 6.45) is 0. The van der Waals surface area contributed by atoms with Gasteiger partial charge in [-0.1, -0.05) is 17.7 Å². The molecular weight excluding hydrogens is 513 g/mol. The lowest BCUT2D eigenvalue weighted by atomic mass is 10.2. The Labute approximate surface area is 225 Å². The molecule has 4 rings (SSSR count). The van der Waals surface area contributed by atoms with Crippen LogP contribution in [0.5, 0.6) is 23.0 Å². The second-order valence-electron chi connectivity index (χ2n) is 8.04. The van der Waals surface area contributed by atoms with Gasteiger partial charge in [-0.2, -0.15) is 0 Å². The van der Waals surface area contributed by atoms with Crippen LogP contribution in [-0.2, 0) is 13.2 Å². The zero-order valence-corrected chi connectivity index (χ0v) is 21.7. The van der Waals surface area contributed by atoms with Crippen molar-refractivity contribution in [1.82, 2.24) is 0 Å². The van der Waals surface area contributed by atoms with Crippen molar-refractivity contribution in [1.29, 1.82) is 0 Å². The topological polar surface area (TPSA) is 79.2 Å². The smallest absolute Gasteiger partial charge is 0.291 e. The standard InChI is InChI=1S/C29H27ClFNO6/c1-3-34-26-12-5-19(15-28(26)35-4-2)17-36-22-9-7-21(8-10-22)32-29(33)27-14-11-23(38-27)18-37-25-13-6-20(31)16-24(25)30/h5-16H,3-4,17-18H2,1-2H3,(H,32,33). The second kappa shape index (κ2) is 12.9. The third kappa shape index (κ3) is 7.20. The Kier molecular flexibility index (Phi) is 9.11. The van der Waals surface area contributed by atoms with Crippen molar-refractivity contribution in [3.05, 3.63) is 101 Å². The van der Waals surface area contributed by atoms with Crippen LogP contribution in [0.1, 0.15) is 35.7 Å². The van der Waals surface area contributed by atoms with Gasteiger partial charge in [-0.3, -0.25) is 4.79 Å². The molecule has 9 heteroatoms. The normalized spacial score (nSPS) is 10.6. The van der Waals surface area contributed by atoms with Gasteiger partial charge in [0.25, 0.3) is 5.91 Å². The maximum atomic E-state index is 13.2. The Balaban J connectivity index is 1.29. The highest BCUT2D eigenvalue weighted by atomic mass is 35.5. The highest BCUT2D eigenvalue weighted by Gasteiger charge is 2.13. The molecule has 7 nitrogen and oxygen atoms in total. The predicted molar refractivity (Wildman–Crippen MR) is 142 cm³/mol. The maximum Gasteiger partial charge on any atom is 0.291 e. The largest absolute Gasteiger partial charge is 0.490 e. The molecule has 0 aliphatic carbocycles. The second-order valence-corrected chi connectivity index (χ2v) is 8.45. The van der Waals surface area contributed by atoms with Gasteiger partial charge in [0.15, 0.2) is 17.3 Å². The van der Waals surface area contributed by atoms with Crippen LogP contribution in [0.25, 0.3) is 0 Å². The number of anilines is 1. The van der Waals surface area contributed by atoms with Crippen molar-refractivity contribution < 1.29 is 32.5 Å². The first kappa shape index (κ1) is 26.9. The minimum atomic E-state index is -0.456. The molecule has 0 aliphatic heterocycles. The summed E-state index contributed by atoms with van der Waals surface area (Å²) in [7, 11) is 0. The fraction of sp³-hybridized carbons (Fsp3) is 0.207. The molecule has 1 heterocycles. The van der Waals surface area contributed by atoms with Crippen molar-refractivity contribution in [3.63, 3.8) is 0 Å². The molecule has 0 unspecified atom stereocenters. The number of ether oxygens (including phenoxy) is 4. The van der Waals surface area contributed by atoms with E-state index >= 15 is 0 Å². The Morgan fingerprint density at radius 1 is 0.816 bits per heavy atom. The fourth-order valence-corrected chi connectivity index (χ4v) is 3.72. The number of rotatable bonds is 12. The Hall–Kier alpha value is -4.17. The van der Waals surface area contributed by atoms with Crippen molar-refractivity contribution in [2.45, 2.75) is 27.1 Å². The van der Waals surface area contributed by atoms with E-state index in [1.807, 2.05) is 32.0 Å². The molecule has 3 aromatic carbocycles. The van der Waals surface area contributed by atoms with E-state index in [0.29, 0.717) is 54.3 Å². The molecule has 0 atom stereocenters. The van der Waals surface area contributed by atoms with Crippen LogP contribution in [-0.4, -0.2) is 19.1 Å².